The summed E-state index contributed by atoms with van der Waals surface area (Å²) in [6.45, 7) is 5.29. The number of likely N-dealkylation sites (tertiary alicyclic amines) is 1. The number of benzene rings is 3. The standard InChI is InChI=1S/C30H32FN3O2.C2H7N/c1-21-24(19-29(35)32-26-11-9-25(31)10-12-26)8-13-27-28(33-36-30(21)27)14-7-22-15-17-34(18-16-22)20-23-5-3-2-4-6-23;1-3-2/h2-6,8-13,22H,7,14-20H2,1H3,(H,32,35);3H,1-2H3. The van der Waals surface area contributed by atoms with E-state index in [2.05, 4.69) is 51.0 Å². The lowest BCUT2D eigenvalue weighted by atomic mass is 9.90. The lowest BCUT2D eigenvalue weighted by Crippen LogP contribution is -2.33. The van der Waals surface area contributed by atoms with Crippen LogP contribution in [0.3, 0.4) is 0 Å². The fourth-order valence-corrected chi connectivity index (χ4v) is 5.13. The third-order valence-electron chi connectivity index (χ3n) is 7.30. The van der Waals surface area contributed by atoms with E-state index in [4.69, 9.17) is 4.52 Å². The van der Waals surface area contributed by atoms with Gasteiger partial charge in [0, 0.05) is 17.6 Å². The second-order valence-corrected chi connectivity index (χ2v) is 10.3. The Bertz CT molecular complexity index is 1330. The van der Waals surface area contributed by atoms with Gasteiger partial charge in [-0.15, -0.1) is 0 Å². The molecule has 2 N–H and O–H groups in total. The fourth-order valence-electron chi connectivity index (χ4n) is 5.13. The highest BCUT2D eigenvalue weighted by molar-refractivity contribution is 5.93. The first-order chi connectivity index (χ1) is 19.0. The molecular weight excluding hydrogens is 491 g/mol. The van der Waals surface area contributed by atoms with Crippen molar-refractivity contribution in [1.82, 2.24) is 15.4 Å². The van der Waals surface area contributed by atoms with Crippen LogP contribution in [-0.4, -0.2) is 43.1 Å². The Morgan fingerprint density at radius 2 is 1.72 bits per heavy atom. The molecule has 6 nitrogen and oxygen atoms in total. The number of rotatable bonds is 8. The Hall–Kier alpha value is -3.55. The van der Waals surface area contributed by atoms with E-state index in [1.807, 2.05) is 33.2 Å². The van der Waals surface area contributed by atoms with Crippen molar-refractivity contribution in [3.8, 4) is 0 Å². The Kier molecular flexibility index (Phi) is 10.2. The second-order valence-electron chi connectivity index (χ2n) is 10.3. The molecule has 0 saturated carbocycles. The van der Waals surface area contributed by atoms with E-state index < -0.39 is 0 Å². The third kappa shape index (κ3) is 7.97. The van der Waals surface area contributed by atoms with Crippen molar-refractivity contribution < 1.29 is 13.7 Å². The Labute approximate surface area is 230 Å². The molecule has 1 fully saturated rings. The zero-order valence-electron chi connectivity index (χ0n) is 23.2. The van der Waals surface area contributed by atoms with Crippen LogP contribution in [0.1, 0.15) is 41.6 Å². The minimum atomic E-state index is -0.330. The molecule has 7 heteroatoms. The number of piperidine rings is 1. The Balaban J connectivity index is 0.00000112. The van der Waals surface area contributed by atoms with Crippen molar-refractivity contribution in [3.05, 3.63) is 94.9 Å². The van der Waals surface area contributed by atoms with Crippen molar-refractivity contribution in [1.29, 1.82) is 0 Å². The zero-order chi connectivity index (χ0) is 27.6. The van der Waals surface area contributed by atoms with Gasteiger partial charge in [0.1, 0.15) is 5.82 Å². The summed E-state index contributed by atoms with van der Waals surface area (Å²) in [7, 11) is 3.75. The summed E-state index contributed by atoms with van der Waals surface area (Å²) in [6, 6.07) is 20.5. The summed E-state index contributed by atoms with van der Waals surface area (Å²) in [4.78, 5) is 15.1. The molecule has 5 rings (SSSR count). The van der Waals surface area contributed by atoms with E-state index in [0.29, 0.717) is 11.6 Å². The van der Waals surface area contributed by atoms with Gasteiger partial charge >= 0.3 is 0 Å². The maximum Gasteiger partial charge on any atom is 0.228 e. The van der Waals surface area contributed by atoms with Gasteiger partial charge in [0.2, 0.25) is 5.91 Å². The predicted octanol–water partition coefficient (Wildman–Crippen LogP) is 6.14. The SMILES string of the molecule is CNC.Cc1c(CC(=O)Nc2ccc(F)cc2)ccc2c(CCC3CCN(Cc4ccccc4)CC3)noc12. The van der Waals surface area contributed by atoms with Crippen LogP contribution in [0.5, 0.6) is 0 Å². The number of carbonyl (C=O) groups excluding carboxylic acids is 1. The number of aromatic nitrogens is 1. The first kappa shape index (κ1) is 28.5. The van der Waals surface area contributed by atoms with E-state index in [1.54, 1.807) is 12.1 Å². The molecule has 0 bridgehead atoms. The summed E-state index contributed by atoms with van der Waals surface area (Å²) in [5, 5.41) is 11.0. The quantitative estimate of drug-likeness (QED) is 0.287. The Morgan fingerprint density at radius 3 is 2.41 bits per heavy atom. The summed E-state index contributed by atoms with van der Waals surface area (Å²) >= 11 is 0. The van der Waals surface area contributed by atoms with E-state index in [1.165, 1.54) is 30.5 Å². The summed E-state index contributed by atoms with van der Waals surface area (Å²) in [5.41, 5.74) is 5.56. The van der Waals surface area contributed by atoms with Crippen molar-refractivity contribution in [2.24, 2.45) is 5.92 Å². The molecule has 0 aliphatic carbocycles. The Morgan fingerprint density at radius 1 is 1.03 bits per heavy atom. The number of nitrogens with zero attached hydrogens (tertiary/aromatic N) is 2. The van der Waals surface area contributed by atoms with Crippen LogP contribution in [0, 0.1) is 18.7 Å². The van der Waals surface area contributed by atoms with Gasteiger partial charge in [0.25, 0.3) is 0 Å². The average molecular weight is 531 g/mol. The molecule has 1 aliphatic rings. The topological polar surface area (TPSA) is 70.4 Å². The maximum atomic E-state index is 13.1. The first-order valence-corrected chi connectivity index (χ1v) is 13.7. The summed E-state index contributed by atoms with van der Waals surface area (Å²) in [5.74, 6) is 0.227. The number of aryl methyl sites for hydroxylation is 2. The van der Waals surface area contributed by atoms with Gasteiger partial charge in [-0.05, 0) is 113 Å². The van der Waals surface area contributed by atoms with Crippen LogP contribution in [0.2, 0.25) is 0 Å². The highest BCUT2D eigenvalue weighted by atomic mass is 19.1. The third-order valence-corrected chi connectivity index (χ3v) is 7.30. The smallest absolute Gasteiger partial charge is 0.228 e. The van der Waals surface area contributed by atoms with Gasteiger partial charge in [0.15, 0.2) is 5.58 Å². The second kappa shape index (κ2) is 14.0. The number of amides is 1. The van der Waals surface area contributed by atoms with Crippen molar-refractivity contribution >= 4 is 22.6 Å². The van der Waals surface area contributed by atoms with Gasteiger partial charge in [0.05, 0.1) is 12.1 Å². The molecule has 4 aromatic rings. The maximum absolute atomic E-state index is 13.1. The van der Waals surface area contributed by atoms with E-state index in [-0.39, 0.29) is 18.1 Å². The highest BCUT2D eigenvalue weighted by Gasteiger charge is 2.21. The number of hydrogen-bond donors (Lipinski definition) is 2. The lowest BCUT2D eigenvalue weighted by Gasteiger charge is -2.31. The average Bonchev–Trinajstić information content (AvgIpc) is 3.36. The van der Waals surface area contributed by atoms with Crippen LogP contribution in [0.4, 0.5) is 10.1 Å². The lowest BCUT2D eigenvalue weighted by molar-refractivity contribution is -0.115. The van der Waals surface area contributed by atoms with Crippen LogP contribution < -0.4 is 10.6 Å². The number of halogens is 1. The monoisotopic (exact) mass is 530 g/mol. The molecule has 0 spiro atoms. The van der Waals surface area contributed by atoms with E-state index >= 15 is 0 Å². The van der Waals surface area contributed by atoms with Crippen LogP contribution >= 0.6 is 0 Å². The predicted molar refractivity (Wildman–Crippen MR) is 155 cm³/mol. The number of hydrogen-bond acceptors (Lipinski definition) is 5. The molecule has 3 aromatic carbocycles. The fraction of sp³-hybridized carbons (Fsp3) is 0.375. The normalized spacial score (nSPS) is 14.2. The molecule has 0 atom stereocenters. The number of anilines is 1. The first-order valence-electron chi connectivity index (χ1n) is 13.7. The number of nitrogens with one attached hydrogen (secondary N) is 2. The molecule has 1 aromatic heterocycles. The van der Waals surface area contributed by atoms with Gasteiger partial charge in [-0.25, -0.2) is 4.39 Å². The van der Waals surface area contributed by atoms with E-state index in [9.17, 15) is 9.18 Å². The number of carbonyl (C=O) groups is 1. The highest BCUT2D eigenvalue weighted by Crippen LogP contribution is 2.29. The van der Waals surface area contributed by atoms with Crippen molar-refractivity contribution in [2.75, 3.05) is 32.5 Å². The summed E-state index contributed by atoms with van der Waals surface area (Å²) < 4.78 is 18.8. The van der Waals surface area contributed by atoms with Crippen LogP contribution in [0.25, 0.3) is 11.0 Å². The van der Waals surface area contributed by atoms with Crippen LogP contribution in [-0.2, 0) is 24.2 Å². The summed E-state index contributed by atoms with van der Waals surface area (Å²) in [6.07, 6.45) is 4.67. The molecule has 39 heavy (non-hydrogen) atoms. The van der Waals surface area contributed by atoms with Gasteiger partial charge in [-0.3, -0.25) is 9.69 Å². The minimum absolute atomic E-state index is 0.151. The molecule has 206 valence electrons. The van der Waals surface area contributed by atoms with Gasteiger partial charge in [-0.2, -0.15) is 0 Å². The van der Waals surface area contributed by atoms with Crippen LogP contribution in [0.15, 0.2) is 71.3 Å². The number of fused-ring (bicyclic) bond motifs is 1. The largest absolute Gasteiger partial charge is 0.356 e. The van der Waals surface area contributed by atoms with Gasteiger partial charge < -0.3 is 15.2 Å². The minimum Gasteiger partial charge on any atom is -0.356 e. The molecule has 1 amide bonds. The molecule has 0 unspecified atom stereocenters. The molecule has 2 heterocycles. The molecule has 1 saturated heterocycles. The molecule has 0 radical (unpaired) electrons. The van der Waals surface area contributed by atoms with Gasteiger partial charge in [-0.1, -0.05) is 41.6 Å². The van der Waals surface area contributed by atoms with E-state index in [0.717, 1.165) is 60.3 Å². The molecule has 1 aliphatic heterocycles. The van der Waals surface area contributed by atoms with Crippen molar-refractivity contribution in [2.45, 2.75) is 45.6 Å². The molecular formula is C32H39FN4O2. The zero-order valence-corrected chi connectivity index (χ0v) is 23.2. The van der Waals surface area contributed by atoms with Crippen molar-refractivity contribution in [3.63, 3.8) is 0 Å².